The van der Waals surface area contributed by atoms with Crippen LogP contribution in [0.3, 0.4) is 0 Å². The van der Waals surface area contributed by atoms with Gasteiger partial charge in [-0.15, -0.1) is 0 Å². The largest absolute Gasteiger partial charge is 0.462 e. The first-order valence-electron chi connectivity index (χ1n) is 5.85. The van der Waals surface area contributed by atoms with Crippen LogP contribution in [0.4, 0.5) is 8.78 Å². The highest BCUT2D eigenvalue weighted by Crippen LogP contribution is 2.26. The Morgan fingerprint density at radius 2 is 1.63 bits per heavy atom. The van der Waals surface area contributed by atoms with Crippen LogP contribution in [0.25, 0.3) is 11.1 Å². The molecule has 0 bridgehead atoms. The van der Waals surface area contributed by atoms with Crippen molar-refractivity contribution in [2.75, 3.05) is 6.61 Å². The highest BCUT2D eigenvalue weighted by atomic mass is 19.1. The second-order valence-corrected chi connectivity index (χ2v) is 3.89. The molecule has 0 aromatic heterocycles. The van der Waals surface area contributed by atoms with Crippen LogP contribution >= 0.6 is 0 Å². The number of carbonyl (C=O) groups is 1. The molecule has 0 aliphatic rings. The fraction of sp³-hybridized carbons (Fsp3) is 0.133. The van der Waals surface area contributed by atoms with E-state index in [2.05, 4.69) is 0 Å². The fourth-order valence-corrected chi connectivity index (χ4v) is 1.76. The van der Waals surface area contributed by atoms with Gasteiger partial charge in [-0.1, -0.05) is 18.2 Å². The standard InChI is InChI=1S/C15H12F2O2/c1-2-19-15(18)11-8-6-10(7-9-11)14-12(16)4-3-5-13(14)17/h3-9H,2H2,1H3. The van der Waals surface area contributed by atoms with Crippen molar-refractivity contribution < 1.29 is 18.3 Å². The average Bonchev–Trinajstić information content (AvgIpc) is 2.39. The minimum atomic E-state index is -0.635. The van der Waals surface area contributed by atoms with Crippen LogP contribution in [0.5, 0.6) is 0 Å². The van der Waals surface area contributed by atoms with Crippen LogP contribution < -0.4 is 0 Å². The molecular weight excluding hydrogens is 250 g/mol. The first-order chi connectivity index (χ1) is 9.13. The van der Waals surface area contributed by atoms with E-state index in [1.54, 1.807) is 6.92 Å². The van der Waals surface area contributed by atoms with Crippen molar-refractivity contribution in [2.45, 2.75) is 6.92 Å². The van der Waals surface area contributed by atoms with E-state index in [-0.39, 0.29) is 12.2 Å². The summed E-state index contributed by atoms with van der Waals surface area (Å²) in [5, 5.41) is 0. The van der Waals surface area contributed by atoms with Gasteiger partial charge >= 0.3 is 5.97 Å². The molecule has 0 saturated carbocycles. The second-order valence-electron chi connectivity index (χ2n) is 3.89. The molecule has 0 atom stereocenters. The maximum Gasteiger partial charge on any atom is 0.338 e. The molecular formula is C15H12F2O2. The Balaban J connectivity index is 2.35. The van der Waals surface area contributed by atoms with Crippen LogP contribution in [0.15, 0.2) is 42.5 Å². The smallest absolute Gasteiger partial charge is 0.338 e. The van der Waals surface area contributed by atoms with Crippen molar-refractivity contribution in [3.63, 3.8) is 0 Å². The van der Waals surface area contributed by atoms with E-state index in [0.29, 0.717) is 11.1 Å². The van der Waals surface area contributed by atoms with Gasteiger partial charge in [-0.2, -0.15) is 0 Å². The Morgan fingerprint density at radius 3 is 2.16 bits per heavy atom. The zero-order valence-corrected chi connectivity index (χ0v) is 10.3. The lowest BCUT2D eigenvalue weighted by Gasteiger charge is -2.06. The summed E-state index contributed by atoms with van der Waals surface area (Å²) in [4.78, 5) is 11.5. The summed E-state index contributed by atoms with van der Waals surface area (Å²) in [7, 11) is 0. The molecule has 0 fully saturated rings. The quantitative estimate of drug-likeness (QED) is 0.786. The van der Waals surface area contributed by atoms with Crippen molar-refractivity contribution in [3.05, 3.63) is 59.7 Å². The van der Waals surface area contributed by atoms with Crippen LogP contribution in [0, 0.1) is 11.6 Å². The van der Waals surface area contributed by atoms with Crippen LogP contribution in [0.1, 0.15) is 17.3 Å². The van der Waals surface area contributed by atoms with E-state index in [1.807, 2.05) is 0 Å². The summed E-state index contributed by atoms with van der Waals surface area (Å²) in [6, 6.07) is 9.65. The Hall–Kier alpha value is -2.23. The molecule has 4 heteroatoms. The van der Waals surface area contributed by atoms with E-state index in [4.69, 9.17) is 4.74 Å². The van der Waals surface area contributed by atoms with Gasteiger partial charge in [-0.25, -0.2) is 13.6 Å². The minimum Gasteiger partial charge on any atom is -0.462 e. The van der Waals surface area contributed by atoms with Crippen LogP contribution in [-0.4, -0.2) is 12.6 Å². The molecule has 19 heavy (non-hydrogen) atoms. The van der Waals surface area contributed by atoms with E-state index >= 15 is 0 Å². The van der Waals surface area contributed by atoms with Gasteiger partial charge in [0.1, 0.15) is 11.6 Å². The van der Waals surface area contributed by atoms with Crippen molar-refractivity contribution in [1.29, 1.82) is 0 Å². The number of benzene rings is 2. The molecule has 0 heterocycles. The molecule has 0 unspecified atom stereocenters. The lowest BCUT2D eigenvalue weighted by atomic mass is 10.0. The minimum absolute atomic E-state index is 0.0992. The number of hydrogen-bond acceptors (Lipinski definition) is 2. The molecule has 2 aromatic rings. The molecule has 0 radical (unpaired) electrons. The Morgan fingerprint density at radius 1 is 1.05 bits per heavy atom. The zero-order chi connectivity index (χ0) is 13.8. The Labute approximate surface area is 109 Å². The molecule has 2 nitrogen and oxygen atoms in total. The third kappa shape index (κ3) is 2.78. The molecule has 0 aliphatic carbocycles. The topological polar surface area (TPSA) is 26.3 Å². The molecule has 0 saturated heterocycles. The summed E-state index contributed by atoms with van der Waals surface area (Å²) in [5.41, 5.74) is 0.629. The maximum absolute atomic E-state index is 13.6. The molecule has 0 aliphatic heterocycles. The summed E-state index contributed by atoms with van der Waals surface area (Å²) >= 11 is 0. The van der Waals surface area contributed by atoms with Gasteiger partial charge in [0.2, 0.25) is 0 Å². The molecule has 0 N–H and O–H groups in total. The van der Waals surface area contributed by atoms with Crippen molar-refractivity contribution in [1.82, 2.24) is 0 Å². The number of ether oxygens (including phenoxy) is 1. The monoisotopic (exact) mass is 262 g/mol. The molecule has 2 rings (SSSR count). The highest BCUT2D eigenvalue weighted by molar-refractivity contribution is 5.90. The highest BCUT2D eigenvalue weighted by Gasteiger charge is 2.12. The van der Waals surface area contributed by atoms with E-state index in [1.165, 1.54) is 42.5 Å². The predicted octanol–water partition coefficient (Wildman–Crippen LogP) is 3.81. The SMILES string of the molecule is CCOC(=O)c1ccc(-c2c(F)cccc2F)cc1. The van der Waals surface area contributed by atoms with Gasteiger partial charge < -0.3 is 4.74 Å². The van der Waals surface area contributed by atoms with E-state index in [9.17, 15) is 13.6 Å². The number of halogens is 2. The summed E-state index contributed by atoms with van der Waals surface area (Å²) in [5.74, 6) is -1.73. The normalized spacial score (nSPS) is 10.3. The van der Waals surface area contributed by atoms with E-state index in [0.717, 1.165) is 0 Å². The van der Waals surface area contributed by atoms with Crippen molar-refractivity contribution >= 4 is 5.97 Å². The van der Waals surface area contributed by atoms with Gasteiger partial charge in [-0.05, 0) is 36.8 Å². The van der Waals surface area contributed by atoms with Crippen LogP contribution in [-0.2, 0) is 4.74 Å². The molecule has 0 amide bonds. The second kappa shape index (κ2) is 5.61. The Kier molecular flexibility index (Phi) is 3.90. The number of rotatable bonds is 3. The third-order valence-corrected chi connectivity index (χ3v) is 2.65. The third-order valence-electron chi connectivity index (χ3n) is 2.65. The number of carbonyl (C=O) groups excluding carboxylic acids is 1. The fourth-order valence-electron chi connectivity index (χ4n) is 1.76. The van der Waals surface area contributed by atoms with Crippen LogP contribution in [0.2, 0.25) is 0 Å². The van der Waals surface area contributed by atoms with Gasteiger partial charge in [0.05, 0.1) is 17.7 Å². The van der Waals surface area contributed by atoms with Crippen molar-refractivity contribution in [2.24, 2.45) is 0 Å². The summed E-state index contributed by atoms with van der Waals surface area (Å²) in [6.07, 6.45) is 0. The van der Waals surface area contributed by atoms with Crippen molar-refractivity contribution in [3.8, 4) is 11.1 Å². The average molecular weight is 262 g/mol. The molecule has 0 spiro atoms. The molecule has 98 valence electrons. The zero-order valence-electron chi connectivity index (χ0n) is 10.3. The van der Waals surface area contributed by atoms with Gasteiger partial charge in [-0.3, -0.25) is 0 Å². The van der Waals surface area contributed by atoms with Gasteiger partial charge in [0.15, 0.2) is 0 Å². The summed E-state index contributed by atoms with van der Waals surface area (Å²) in [6.45, 7) is 1.99. The first-order valence-corrected chi connectivity index (χ1v) is 5.85. The predicted molar refractivity (Wildman–Crippen MR) is 67.8 cm³/mol. The lowest BCUT2D eigenvalue weighted by Crippen LogP contribution is -2.04. The maximum atomic E-state index is 13.6. The Bertz CT molecular complexity index is 571. The number of esters is 1. The first kappa shape index (κ1) is 13.2. The lowest BCUT2D eigenvalue weighted by molar-refractivity contribution is 0.0526. The van der Waals surface area contributed by atoms with Gasteiger partial charge in [0, 0.05) is 0 Å². The summed E-state index contributed by atoms with van der Waals surface area (Å²) < 4.78 is 32.0. The van der Waals surface area contributed by atoms with Gasteiger partial charge in [0.25, 0.3) is 0 Å². The van der Waals surface area contributed by atoms with E-state index < -0.39 is 17.6 Å². The number of hydrogen-bond donors (Lipinski definition) is 0. The molecule has 2 aromatic carbocycles.